The number of aromatic nitrogens is 3. The van der Waals surface area contributed by atoms with Gasteiger partial charge in [-0.05, 0) is 105 Å². The summed E-state index contributed by atoms with van der Waals surface area (Å²) >= 11 is 12.4. The highest BCUT2D eigenvalue weighted by Gasteiger charge is 2.37. The summed E-state index contributed by atoms with van der Waals surface area (Å²) in [4.78, 5) is 63.2. The molecule has 5 aromatic rings. The summed E-state index contributed by atoms with van der Waals surface area (Å²) in [7, 11) is 0. The highest BCUT2D eigenvalue weighted by atomic mass is 35.5. The number of carbonyl (C=O) groups excluding carboxylic acids is 3. The summed E-state index contributed by atoms with van der Waals surface area (Å²) in [6, 6.07) is 19.5. The highest BCUT2D eigenvalue weighted by Crippen LogP contribution is 2.33. The van der Waals surface area contributed by atoms with Crippen LogP contribution in [0.25, 0.3) is 11.0 Å². The molecular formula is C40H37Cl2FN6O4. The molecule has 0 radical (unpaired) electrons. The van der Waals surface area contributed by atoms with Crippen molar-refractivity contribution < 1.29 is 18.8 Å². The van der Waals surface area contributed by atoms with Crippen molar-refractivity contribution in [3.8, 4) is 0 Å². The Balaban J connectivity index is 0.879. The predicted molar refractivity (Wildman–Crippen MR) is 201 cm³/mol. The Morgan fingerprint density at radius 2 is 1.53 bits per heavy atom. The molecule has 3 amide bonds. The van der Waals surface area contributed by atoms with Crippen LogP contribution in [0.1, 0.15) is 76.5 Å². The number of imide groups is 1. The topological polar surface area (TPSA) is 101 Å². The van der Waals surface area contributed by atoms with Gasteiger partial charge in [-0.1, -0.05) is 47.5 Å². The Labute approximate surface area is 315 Å². The summed E-state index contributed by atoms with van der Waals surface area (Å²) in [5.74, 6) is -0.783. The van der Waals surface area contributed by atoms with E-state index in [2.05, 4.69) is 9.88 Å². The van der Waals surface area contributed by atoms with Gasteiger partial charge in [0.1, 0.15) is 11.6 Å². The van der Waals surface area contributed by atoms with Gasteiger partial charge in [0.25, 0.3) is 11.8 Å². The molecule has 0 saturated carbocycles. The van der Waals surface area contributed by atoms with Crippen LogP contribution in [0.3, 0.4) is 0 Å². The van der Waals surface area contributed by atoms with Gasteiger partial charge in [-0.3, -0.25) is 28.4 Å². The number of imidazole rings is 1. The molecule has 0 aliphatic carbocycles. The average molecular weight is 756 g/mol. The highest BCUT2D eigenvalue weighted by molar-refractivity contribution is 6.42. The number of fused-ring (bicyclic) bond motifs is 2. The van der Waals surface area contributed by atoms with Gasteiger partial charge in [0.05, 0.1) is 38.2 Å². The average Bonchev–Trinajstić information content (AvgIpc) is 3.60. The van der Waals surface area contributed by atoms with Crippen molar-refractivity contribution >= 4 is 57.8 Å². The van der Waals surface area contributed by atoms with Gasteiger partial charge in [0.2, 0.25) is 5.91 Å². The summed E-state index contributed by atoms with van der Waals surface area (Å²) in [6.45, 7) is 5.13. The zero-order chi connectivity index (χ0) is 37.0. The van der Waals surface area contributed by atoms with Crippen molar-refractivity contribution in [1.82, 2.24) is 23.9 Å². The molecule has 3 aliphatic rings. The van der Waals surface area contributed by atoms with Crippen LogP contribution in [-0.2, 0) is 11.3 Å². The SMILES string of the molecule is CC(c1ccc(Cl)c(Cl)c1)n1c(=O)n(C2CCN(C(=O)C3CCN(Cc4ccc(N5C(=O)c6ccccc6C5=O)nc4)CC3)CC2)c2ccc(F)cc21. The number of nitrogens with zero attached hydrogens (tertiary/aromatic N) is 6. The number of piperidine rings is 2. The molecule has 1 atom stereocenters. The van der Waals surface area contributed by atoms with Gasteiger partial charge in [0.15, 0.2) is 0 Å². The van der Waals surface area contributed by atoms with E-state index in [0.29, 0.717) is 70.5 Å². The Bertz CT molecular complexity index is 2270. The number of likely N-dealkylation sites (tertiary alicyclic amines) is 2. The molecular weight excluding hydrogens is 718 g/mol. The van der Waals surface area contributed by atoms with Gasteiger partial charge in [-0.15, -0.1) is 0 Å². The second-order valence-electron chi connectivity index (χ2n) is 14.1. The Morgan fingerprint density at radius 3 is 2.17 bits per heavy atom. The smallest absolute Gasteiger partial charge is 0.329 e. The van der Waals surface area contributed by atoms with Gasteiger partial charge in [0, 0.05) is 37.8 Å². The summed E-state index contributed by atoms with van der Waals surface area (Å²) in [6.07, 6.45) is 4.42. The van der Waals surface area contributed by atoms with Crippen molar-refractivity contribution in [1.29, 1.82) is 0 Å². The van der Waals surface area contributed by atoms with Crippen molar-refractivity contribution in [2.45, 2.75) is 51.2 Å². The number of hydrogen-bond acceptors (Lipinski definition) is 6. The van der Waals surface area contributed by atoms with E-state index < -0.39 is 11.9 Å². The Morgan fingerprint density at radius 1 is 0.830 bits per heavy atom. The third-order valence-corrected chi connectivity index (χ3v) is 11.7. The lowest BCUT2D eigenvalue weighted by Crippen LogP contribution is -2.46. The van der Waals surface area contributed by atoms with Crippen LogP contribution in [0, 0.1) is 11.7 Å². The van der Waals surface area contributed by atoms with Crippen molar-refractivity contribution in [2.75, 3.05) is 31.1 Å². The first-order chi connectivity index (χ1) is 25.6. The molecule has 0 bridgehead atoms. The molecule has 2 saturated heterocycles. The van der Waals surface area contributed by atoms with Gasteiger partial charge in [-0.25, -0.2) is 19.1 Å². The van der Waals surface area contributed by atoms with Gasteiger partial charge in [-0.2, -0.15) is 0 Å². The summed E-state index contributed by atoms with van der Waals surface area (Å²) in [5.41, 5.74) is 3.45. The van der Waals surface area contributed by atoms with Crippen LogP contribution in [-0.4, -0.2) is 67.8 Å². The molecule has 272 valence electrons. The summed E-state index contributed by atoms with van der Waals surface area (Å²) < 4.78 is 17.9. The van der Waals surface area contributed by atoms with Crippen LogP contribution in [0.2, 0.25) is 10.0 Å². The second kappa shape index (κ2) is 14.2. The maximum atomic E-state index is 14.5. The van der Waals surface area contributed by atoms with E-state index in [-0.39, 0.29) is 35.4 Å². The van der Waals surface area contributed by atoms with Crippen LogP contribution in [0.4, 0.5) is 10.2 Å². The molecule has 5 heterocycles. The lowest BCUT2D eigenvalue weighted by Gasteiger charge is -2.37. The lowest BCUT2D eigenvalue weighted by atomic mass is 9.93. The fourth-order valence-electron chi connectivity index (χ4n) is 8.10. The lowest BCUT2D eigenvalue weighted by molar-refractivity contribution is -0.138. The first-order valence-corrected chi connectivity index (χ1v) is 18.7. The number of hydrogen-bond donors (Lipinski definition) is 0. The molecule has 2 aromatic heterocycles. The Hall–Kier alpha value is -4.84. The molecule has 3 aliphatic heterocycles. The number of benzene rings is 3. The van der Waals surface area contributed by atoms with E-state index in [9.17, 15) is 23.6 Å². The van der Waals surface area contributed by atoms with Gasteiger partial charge < -0.3 is 4.90 Å². The quantitative estimate of drug-likeness (QED) is 0.164. The summed E-state index contributed by atoms with van der Waals surface area (Å²) in [5, 5.41) is 0.799. The molecule has 2 fully saturated rings. The van der Waals surface area contributed by atoms with E-state index in [1.165, 1.54) is 12.1 Å². The standard InChI is InChI=1S/C40H37Cl2FN6O4/c1-24(27-7-9-32(41)33(42)20-27)47-35-21-28(43)8-10-34(35)48(40(47)53)29-14-18-46(19-15-29)37(50)26-12-16-45(17-13-26)23-25-6-11-36(44-22-25)49-38(51)30-4-2-3-5-31(30)39(49)52/h2-11,20-22,24,26,29H,12-19,23H2,1H3. The minimum atomic E-state index is -0.426. The first-order valence-electron chi connectivity index (χ1n) is 17.9. The van der Waals surface area contributed by atoms with Crippen molar-refractivity contribution in [3.05, 3.63) is 128 Å². The van der Waals surface area contributed by atoms with E-state index >= 15 is 0 Å². The number of carbonyl (C=O) groups is 3. The van der Waals surface area contributed by atoms with E-state index in [0.717, 1.165) is 42.0 Å². The first kappa shape index (κ1) is 35.2. The molecule has 0 spiro atoms. The Kier molecular flexibility index (Phi) is 9.42. The predicted octanol–water partition coefficient (Wildman–Crippen LogP) is 7.13. The van der Waals surface area contributed by atoms with Gasteiger partial charge >= 0.3 is 5.69 Å². The van der Waals surface area contributed by atoms with Crippen LogP contribution in [0.5, 0.6) is 0 Å². The molecule has 13 heteroatoms. The monoisotopic (exact) mass is 754 g/mol. The zero-order valence-electron chi connectivity index (χ0n) is 29.1. The zero-order valence-corrected chi connectivity index (χ0v) is 30.6. The number of anilines is 1. The van der Waals surface area contributed by atoms with Crippen molar-refractivity contribution in [3.63, 3.8) is 0 Å². The largest absolute Gasteiger partial charge is 0.342 e. The van der Waals surface area contributed by atoms with E-state index in [4.69, 9.17) is 23.2 Å². The molecule has 53 heavy (non-hydrogen) atoms. The maximum Gasteiger partial charge on any atom is 0.329 e. The number of pyridine rings is 1. The van der Waals surface area contributed by atoms with E-state index in [1.807, 2.05) is 24.0 Å². The van der Waals surface area contributed by atoms with Crippen LogP contribution < -0.4 is 10.6 Å². The normalized spacial score (nSPS) is 17.9. The third kappa shape index (κ3) is 6.45. The minimum absolute atomic E-state index is 0.0724. The van der Waals surface area contributed by atoms with E-state index in [1.54, 1.807) is 63.9 Å². The molecule has 10 nitrogen and oxygen atoms in total. The molecule has 8 rings (SSSR count). The molecule has 1 unspecified atom stereocenters. The van der Waals surface area contributed by atoms with Crippen molar-refractivity contribution in [2.24, 2.45) is 5.92 Å². The second-order valence-corrected chi connectivity index (χ2v) is 14.9. The fourth-order valence-corrected chi connectivity index (χ4v) is 8.41. The minimum Gasteiger partial charge on any atom is -0.342 e. The third-order valence-electron chi connectivity index (χ3n) is 11.0. The van der Waals surface area contributed by atoms with Crippen LogP contribution in [0.15, 0.2) is 83.8 Å². The molecule has 3 aromatic carbocycles. The fraction of sp³-hybridized carbons (Fsp3) is 0.325. The number of rotatable bonds is 7. The number of amides is 3. The van der Waals surface area contributed by atoms with Crippen LogP contribution >= 0.6 is 23.2 Å². The number of halogens is 3. The maximum absolute atomic E-state index is 14.5. The molecule has 0 N–H and O–H groups in total.